The number of aromatic carboxylic acids is 1. The summed E-state index contributed by atoms with van der Waals surface area (Å²) in [5, 5.41) is 16.2. The summed E-state index contributed by atoms with van der Waals surface area (Å²) in [6, 6.07) is 0.0862. The van der Waals surface area contributed by atoms with Crippen molar-refractivity contribution in [3.63, 3.8) is 0 Å². The summed E-state index contributed by atoms with van der Waals surface area (Å²) in [4.78, 5) is 26.6. The Morgan fingerprint density at radius 2 is 2.05 bits per heavy atom. The zero-order chi connectivity index (χ0) is 14.8. The Balaban J connectivity index is 1.46. The summed E-state index contributed by atoms with van der Waals surface area (Å²) in [6.45, 7) is 4.26. The number of ether oxygens (including phenoxy) is 1. The summed E-state index contributed by atoms with van der Waals surface area (Å²) < 4.78 is 6.77. The Morgan fingerprint density at radius 3 is 2.67 bits per heavy atom. The molecule has 0 aromatic carbocycles. The molecule has 1 aromatic rings. The molecule has 2 aliphatic heterocycles. The molecular formula is C12H17N5O4. The van der Waals surface area contributed by atoms with Crippen LogP contribution in [0.5, 0.6) is 0 Å². The number of carboxylic acid groups (broad SMARTS) is 1. The molecule has 0 unspecified atom stereocenters. The molecule has 9 nitrogen and oxygen atoms in total. The number of aromatic nitrogens is 3. The predicted octanol–water partition coefficient (Wildman–Crippen LogP) is -1.31. The van der Waals surface area contributed by atoms with E-state index in [1.54, 1.807) is 4.68 Å². The molecule has 0 spiro atoms. The second-order valence-corrected chi connectivity index (χ2v) is 5.23. The van der Waals surface area contributed by atoms with E-state index in [0.717, 1.165) is 0 Å². The lowest BCUT2D eigenvalue weighted by atomic mass is 10.1. The van der Waals surface area contributed by atoms with Crippen molar-refractivity contribution in [1.29, 1.82) is 0 Å². The van der Waals surface area contributed by atoms with Crippen LogP contribution in [0.4, 0.5) is 0 Å². The van der Waals surface area contributed by atoms with Crippen molar-refractivity contribution in [1.82, 2.24) is 24.8 Å². The van der Waals surface area contributed by atoms with E-state index in [-0.39, 0.29) is 17.6 Å². The first-order chi connectivity index (χ1) is 10.1. The highest BCUT2D eigenvalue weighted by atomic mass is 16.5. The molecule has 0 radical (unpaired) electrons. The van der Waals surface area contributed by atoms with Crippen molar-refractivity contribution >= 4 is 11.9 Å². The number of morpholine rings is 1. The van der Waals surface area contributed by atoms with Gasteiger partial charge in [-0.3, -0.25) is 9.69 Å². The molecule has 0 atom stereocenters. The Labute approximate surface area is 121 Å². The van der Waals surface area contributed by atoms with Gasteiger partial charge in [-0.2, -0.15) is 0 Å². The van der Waals surface area contributed by atoms with Crippen LogP contribution in [0.2, 0.25) is 0 Å². The third-order valence-corrected chi connectivity index (χ3v) is 3.76. The molecule has 1 N–H and O–H groups in total. The van der Waals surface area contributed by atoms with E-state index in [1.165, 1.54) is 6.20 Å². The zero-order valence-electron chi connectivity index (χ0n) is 11.5. The van der Waals surface area contributed by atoms with Crippen molar-refractivity contribution in [2.45, 2.75) is 6.04 Å². The summed E-state index contributed by atoms with van der Waals surface area (Å²) in [5.74, 6) is -0.971. The van der Waals surface area contributed by atoms with E-state index in [4.69, 9.17) is 9.84 Å². The van der Waals surface area contributed by atoms with Crippen LogP contribution >= 0.6 is 0 Å². The van der Waals surface area contributed by atoms with Crippen LogP contribution in [0, 0.1) is 0 Å². The molecule has 21 heavy (non-hydrogen) atoms. The summed E-state index contributed by atoms with van der Waals surface area (Å²) >= 11 is 0. The minimum Gasteiger partial charge on any atom is -0.476 e. The van der Waals surface area contributed by atoms with Gasteiger partial charge in [0.15, 0.2) is 5.69 Å². The lowest BCUT2D eigenvalue weighted by molar-refractivity contribution is -0.138. The average molecular weight is 295 g/mol. The third-order valence-electron chi connectivity index (χ3n) is 3.76. The van der Waals surface area contributed by atoms with Gasteiger partial charge in [-0.15, -0.1) is 5.10 Å². The molecule has 2 aliphatic rings. The fourth-order valence-electron chi connectivity index (χ4n) is 2.50. The molecule has 1 aromatic heterocycles. The van der Waals surface area contributed by atoms with Crippen LogP contribution < -0.4 is 0 Å². The fraction of sp³-hybridized carbons (Fsp3) is 0.667. The highest BCUT2D eigenvalue weighted by molar-refractivity contribution is 5.84. The van der Waals surface area contributed by atoms with E-state index < -0.39 is 5.97 Å². The Morgan fingerprint density at radius 1 is 1.33 bits per heavy atom. The SMILES string of the molecule is O=C(O)c1cn(C2CN(CC(=O)N3CCOCC3)C2)nn1. The summed E-state index contributed by atoms with van der Waals surface area (Å²) in [6.07, 6.45) is 1.42. The van der Waals surface area contributed by atoms with E-state index in [0.29, 0.717) is 45.9 Å². The molecule has 0 aliphatic carbocycles. The number of carboxylic acids is 1. The average Bonchev–Trinajstić information content (AvgIpc) is 2.92. The number of likely N-dealkylation sites (tertiary alicyclic amines) is 1. The van der Waals surface area contributed by atoms with Crippen molar-refractivity contribution in [2.75, 3.05) is 45.9 Å². The van der Waals surface area contributed by atoms with Crippen molar-refractivity contribution in [2.24, 2.45) is 0 Å². The van der Waals surface area contributed by atoms with Crippen LogP contribution in [0.3, 0.4) is 0 Å². The third kappa shape index (κ3) is 3.03. The molecule has 2 fully saturated rings. The van der Waals surface area contributed by atoms with E-state index in [2.05, 4.69) is 10.3 Å². The lowest BCUT2D eigenvalue weighted by Crippen LogP contribution is -2.53. The first-order valence-corrected chi connectivity index (χ1v) is 6.86. The Bertz CT molecular complexity index is 534. The maximum Gasteiger partial charge on any atom is 0.358 e. The van der Waals surface area contributed by atoms with Gasteiger partial charge in [-0.25, -0.2) is 9.48 Å². The zero-order valence-corrected chi connectivity index (χ0v) is 11.5. The van der Waals surface area contributed by atoms with Crippen LogP contribution in [0.15, 0.2) is 6.20 Å². The van der Waals surface area contributed by atoms with Gasteiger partial charge >= 0.3 is 5.97 Å². The lowest BCUT2D eigenvalue weighted by Gasteiger charge is -2.39. The molecule has 9 heteroatoms. The maximum absolute atomic E-state index is 12.1. The fourth-order valence-corrected chi connectivity index (χ4v) is 2.50. The molecule has 0 bridgehead atoms. The smallest absolute Gasteiger partial charge is 0.358 e. The van der Waals surface area contributed by atoms with Gasteiger partial charge in [-0.1, -0.05) is 5.21 Å². The molecule has 114 valence electrons. The van der Waals surface area contributed by atoms with Gasteiger partial charge < -0.3 is 14.7 Å². The maximum atomic E-state index is 12.1. The molecule has 0 saturated carbocycles. The molecule has 3 heterocycles. The largest absolute Gasteiger partial charge is 0.476 e. The quantitative estimate of drug-likeness (QED) is 0.736. The highest BCUT2D eigenvalue weighted by Gasteiger charge is 2.32. The number of rotatable bonds is 4. The monoisotopic (exact) mass is 295 g/mol. The standard InChI is InChI=1S/C12H17N5O4/c18-11(16-1-3-21-4-2-16)8-15-5-9(6-15)17-7-10(12(19)20)13-14-17/h7,9H,1-6,8H2,(H,19,20). The molecule has 1 amide bonds. The number of nitrogens with zero attached hydrogens (tertiary/aromatic N) is 5. The van der Waals surface area contributed by atoms with Crippen LogP contribution in [-0.4, -0.2) is 87.7 Å². The van der Waals surface area contributed by atoms with Crippen LogP contribution in [0.1, 0.15) is 16.5 Å². The van der Waals surface area contributed by atoms with Gasteiger partial charge in [0.1, 0.15) is 0 Å². The number of hydrogen-bond acceptors (Lipinski definition) is 6. The van der Waals surface area contributed by atoms with Crippen molar-refractivity contribution in [3.05, 3.63) is 11.9 Å². The molecule has 3 rings (SSSR count). The molecular weight excluding hydrogens is 278 g/mol. The van der Waals surface area contributed by atoms with Gasteiger partial charge in [-0.05, 0) is 0 Å². The Hall–Kier alpha value is -2.00. The number of hydrogen-bond donors (Lipinski definition) is 1. The second-order valence-electron chi connectivity index (χ2n) is 5.23. The first kappa shape index (κ1) is 14.0. The minimum atomic E-state index is -1.08. The van der Waals surface area contributed by atoms with Crippen LogP contribution in [-0.2, 0) is 9.53 Å². The highest BCUT2D eigenvalue weighted by Crippen LogP contribution is 2.20. The van der Waals surface area contributed by atoms with E-state index >= 15 is 0 Å². The Kier molecular flexibility index (Phi) is 3.84. The van der Waals surface area contributed by atoms with E-state index in [1.807, 2.05) is 9.80 Å². The van der Waals surface area contributed by atoms with Gasteiger partial charge in [0.05, 0.1) is 32.0 Å². The number of amides is 1. The molecule has 2 saturated heterocycles. The topological polar surface area (TPSA) is 101 Å². The first-order valence-electron chi connectivity index (χ1n) is 6.86. The summed E-state index contributed by atoms with van der Waals surface area (Å²) in [5.41, 5.74) is -0.0576. The summed E-state index contributed by atoms with van der Waals surface area (Å²) in [7, 11) is 0. The van der Waals surface area contributed by atoms with E-state index in [9.17, 15) is 9.59 Å². The van der Waals surface area contributed by atoms with Gasteiger partial charge in [0.2, 0.25) is 5.91 Å². The second kappa shape index (κ2) is 5.78. The number of carbonyl (C=O) groups is 2. The van der Waals surface area contributed by atoms with Gasteiger partial charge in [0.25, 0.3) is 0 Å². The van der Waals surface area contributed by atoms with Gasteiger partial charge in [0, 0.05) is 26.2 Å². The predicted molar refractivity (Wildman–Crippen MR) is 69.9 cm³/mol. The van der Waals surface area contributed by atoms with Crippen molar-refractivity contribution < 1.29 is 19.4 Å². The normalized spacial score (nSPS) is 20.3. The minimum absolute atomic E-state index is 0.0576. The van der Waals surface area contributed by atoms with Crippen molar-refractivity contribution in [3.8, 4) is 0 Å². The number of carbonyl (C=O) groups excluding carboxylic acids is 1. The van der Waals surface area contributed by atoms with Crippen LogP contribution in [0.25, 0.3) is 0 Å².